The Morgan fingerprint density at radius 2 is 1.18 bits per heavy atom. The number of nitrogens with zero attached hydrogens (tertiary/aromatic N) is 2. The number of hydrogen-bond donors (Lipinski definition) is 0. The molecule has 0 unspecified atom stereocenters. The third-order valence-corrected chi connectivity index (χ3v) is 3.02. The van der Waals surface area contributed by atoms with E-state index in [1.54, 1.807) is 0 Å². The van der Waals surface area contributed by atoms with Gasteiger partial charge in [-0.05, 0) is 41.5 Å². The molecule has 0 aromatic heterocycles. The molecule has 0 aliphatic carbocycles. The molecule has 0 bridgehead atoms. The maximum atomic E-state index is 5.73. The Morgan fingerprint density at radius 3 is 1.50 bits per heavy atom. The fourth-order valence-electron chi connectivity index (χ4n) is 1.93. The van der Waals surface area contributed by atoms with Crippen molar-refractivity contribution in [3.8, 4) is 0 Å². The third-order valence-electron chi connectivity index (χ3n) is 3.02. The second-order valence-corrected chi connectivity index (χ2v) is 7.64. The van der Waals surface area contributed by atoms with Crippen LogP contribution in [0.25, 0.3) is 0 Å². The lowest BCUT2D eigenvalue weighted by atomic mass is 10.2. The van der Waals surface area contributed by atoms with E-state index in [9.17, 15) is 0 Å². The topological polar surface area (TPSA) is 61.6 Å². The second-order valence-electron chi connectivity index (χ2n) is 7.64. The molecule has 2 rings (SSSR count). The van der Waals surface area contributed by atoms with E-state index < -0.39 is 0 Å². The third kappa shape index (κ3) is 5.57. The Balaban J connectivity index is 1.85. The molecule has 0 spiro atoms. The second kappa shape index (κ2) is 6.54. The van der Waals surface area contributed by atoms with Crippen LogP contribution >= 0.6 is 0 Å². The van der Waals surface area contributed by atoms with Gasteiger partial charge in [-0.2, -0.15) is 0 Å². The number of hydrogen-bond acceptors (Lipinski definition) is 6. The lowest BCUT2D eigenvalue weighted by Crippen LogP contribution is -2.25. The summed E-state index contributed by atoms with van der Waals surface area (Å²) in [5.74, 6) is 0.974. The zero-order chi connectivity index (χ0) is 16.4. The molecule has 2 heterocycles. The lowest BCUT2D eigenvalue weighted by Gasteiger charge is -2.20. The highest BCUT2D eigenvalue weighted by molar-refractivity contribution is 6.36. The zero-order valence-corrected chi connectivity index (χ0v) is 14.5. The summed E-state index contributed by atoms with van der Waals surface area (Å²) >= 11 is 0. The summed E-state index contributed by atoms with van der Waals surface area (Å²) in [5, 5.41) is 0. The molecule has 2 atom stereocenters. The Kier molecular flexibility index (Phi) is 5.12. The van der Waals surface area contributed by atoms with E-state index in [2.05, 4.69) is 9.98 Å². The van der Waals surface area contributed by atoms with Gasteiger partial charge in [0.1, 0.15) is 25.3 Å². The normalized spacial score (nSPS) is 25.5. The minimum Gasteiger partial charge on any atom is -0.472 e. The van der Waals surface area contributed by atoms with E-state index >= 15 is 0 Å². The molecule has 2 aliphatic rings. The van der Waals surface area contributed by atoms with E-state index in [0.29, 0.717) is 38.2 Å². The first-order chi connectivity index (χ1) is 10.1. The Labute approximate surface area is 132 Å². The van der Waals surface area contributed by atoms with Gasteiger partial charge in [-0.15, -0.1) is 0 Å². The smallest absolute Gasteiger partial charge is 0.273 e. The molecular weight excluding hydrogens is 284 g/mol. The van der Waals surface area contributed by atoms with Crippen molar-refractivity contribution in [2.24, 2.45) is 9.98 Å². The average Bonchev–Trinajstić information content (AvgIpc) is 3.01. The van der Waals surface area contributed by atoms with Crippen LogP contribution in [0.2, 0.25) is 0 Å². The summed E-state index contributed by atoms with van der Waals surface area (Å²) in [5.41, 5.74) is -0.343. The fourth-order valence-corrected chi connectivity index (χ4v) is 1.93. The molecule has 0 fully saturated rings. The summed E-state index contributed by atoms with van der Waals surface area (Å²) in [7, 11) is 0. The van der Waals surface area contributed by atoms with Gasteiger partial charge in [-0.25, -0.2) is 9.98 Å². The molecule has 0 aromatic carbocycles. The SMILES string of the molecule is CC(C)(C)OC[C@H]1COC(C2=N[C@@H](COC(C)(C)C)CO2)=N1. The maximum Gasteiger partial charge on any atom is 0.273 e. The standard InChI is InChI=1S/C16H28N2O4/c1-15(2,3)21-9-11-7-19-13(17-11)14-18-12(8-20-14)10-22-16(4,5)6/h11-12H,7-10H2,1-6H3/t11-,12-/m1/s1. The highest BCUT2D eigenvalue weighted by Gasteiger charge is 2.30. The quantitative estimate of drug-likeness (QED) is 0.781. The molecule has 22 heavy (non-hydrogen) atoms. The van der Waals surface area contributed by atoms with E-state index in [1.165, 1.54) is 0 Å². The van der Waals surface area contributed by atoms with Crippen LogP contribution in [-0.2, 0) is 18.9 Å². The Bertz CT molecular complexity index is 404. The van der Waals surface area contributed by atoms with Crippen LogP contribution < -0.4 is 0 Å². The molecule has 0 saturated carbocycles. The fraction of sp³-hybridized carbons (Fsp3) is 0.875. The van der Waals surface area contributed by atoms with Crippen molar-refractivity contribution >= 4 is 11.8 Å². The maximum absolute atomic E-state index is 5.73. The first-order valence-electron chi connectivity index (χ1n) is 7.82. The lowest BCUT2D eigenvalue weighted by molar-refractivity contribution is -0.0123. The molecule has 0 amide bonds. The van der Waals surface area contributed by atoms with Crippen LogP contribution in [0.5, 0.6) is 0 Å². The Hall–Kier alpha value is -1.14. The van der Waals surface area contributed by atoms with Gasteiger partial charge in [-0.3, -0.25) is 0 Å². The van der Waals surface area contributed by atoms with Crippen molar-refractivity contribution in [1.82, 2.24) is 0 Å². The molecule has 6 nitrogen and oxygen atoms in total. The van der Waals surface area contributed by atoms with Crippen LogP contribution in [0, 0.1) is 0 Å². The predicted octanol–water partition coefficient (Wildman–Crippen LogP) is 2.21. The molecule has 126 valence electrons. The van der Waals surface area contributed by atoms with Gasteiger partial charge in [0.25, 0.3) is 11.8 Å². The van der Waals surface area contributed by atoms with Crippen molar-refractivity contribution in [3.05, 3.63) is 0 Å². The van der Waals surface area contributed by atoms with E-state index in [0.717, 1.165) is 0 Å². The molecule has 0 radical (unpaired) electrons. The summed E-state index contributed by atoms with van der Waals surface area (Å²) < 4.78 is 22.6. The predicted molar refractivity (Wildman–Crippen MR) is 85.8 cm³/mol. The molecule has 2 aliphatic heterocycles. The van der Waals surface area contributed by atoms with E-state index in [-0.39, 0.29) is 23.3 Å². The summed E-state index contributed by atoms with van der Waals surface area (Å²) in [6.07, 6.45) is 0. The molecule has 0 N–H and O–H groups in total. The monoisotopic (exact) mass is 312 g/mol. The van der Waals surface area contributed by atoms with Crippen molar-refractivity contribution < 1.29 is 18.9 Å². The van der Waals surface area contributed by atoms with Crippen molar-refractivity contribution in [1.29, 1.82) is 0 Å². The first-order valence-corrected chi connectivity index (χ1v) is 7.82. The highest BCUT2D eigenvalue weighted by Crippen LogP contribution is 2.16. The highest BCUT2D eigenvalue weighted by atomic mass is 16.6. The van der Waals surface area contributed by atoms with Crippen LogP contribution in [0.3, 0.4) is 0 Å². The van der Waals surface area contributed by atoms with Gasteiger partial charge in [0.15, 0.2) is 0 Å². The van der Waals surface area contributed by atoms with Gasteiger partial charge in [-0.1, -0.05) is 0 Å². The molecule has 6 heteroatoms. The van der Waals surface area contributed by atoms with Gasteiger partial charge in [0, 0.05) is 0 Å². The van der Waals surface area contributed by atoms with Crippen molar-refractivity contribution in [3.63, 3.8) is 0 Å². The van der Waals surface area contributed by atoms with Crippen LogP contribution in [0.4, 0.5) is 0 Å². The van der Waals surface area contributed by atoms with E-state index in [4.69, 9.17) is 18.9 Å². The minimum atomic E-state index is -0.172. The van der Waals surface area contributed by atoms with Crippen LogP contribution in [0.15, 0.2) is 9.98 Å². The van der Waals surface area contributed by atoms with Crippen LogP contribution in [0.1, 0.15) is 41.5 Å². The summed E-state index contributed by atoms with van der Waals surface area (Å²) in [6.45, 7) is 14.3. The largest absolute Gasteiger partial charge is 0.472 e. The molecule has 0 aromatic rings. The minimum absolute atomic E-state index is 0.00500. The number of rotatable bonds is 5. The average molecular weight is 312 g/mol. The van der Waals surface area contributed by atoms with Crippen molar-refractivity contribution in [2.75, 3.05) is 26.4 Å². The summed E-state index contributed by atoms with van der Waals surface area (Å²) in [6, 6.07) is 0.0100. The van der Waals surface area contributed by atoms with Crippen LogP contribution in [-0.4, -0.2) is 61.5 Å². The molecular formula is C16H28N2O4. The first kappa shape index (κ1) is 17.2. The van der Waals surface area contributed by atoms with E-state index in [1.807, 2.05) is 41.5 Å². The van der Waals surface area contributed by atoms with Gasteiger partial charge >= 0.3 is 0 Å². The Morgan fingerprint density at radius 1 is 0.818 bits per heavy atom. The van der Waals surface area contributed by atoms with Crippen molar-refractivity contribution in [2.45, 2.75) is 64.8 Å². The van der Waals surface area contributed by atoms with Gasteiger partial charge in [0.05, 0.1) is 24.4 Å². The number of aliphatic imine (C=N–C) groups is 2. The zero-order valence-electron chi connectivity index (χ0n) is 14.5. The number of ether oxygens (including phenoxy) is 4. The van der Waals surface area contributed by atoms with Gasteiger partial charge < -0.3 is 18.9 Å². The molecule has 0 saturated heterocycles. The summed E-state index contributed by atoms with van der Waals surface area (Å²) in [4.78, 5) is 8.98. The van der Waals surface area contributed by atoms with Gasteiger partial charge in [0.2, 0.25) is 0 Å².